The average Bonchev–Trinajstić information content (AvgIpc) is 3.15. The van der Waals surface area contributed by atoms with Gasteiger partial charge in [-0.25, -0.2) is 10.4 Å². The number of alkyl halides is 3. The molecule has 1 amide bonds. The Bertz CT molecular complexity index is 880. The van der Waals surface area contributed by atoms with Gasteiger partial charge in [0.25, 0.3) is 5.91 Å². The fourth-order valence-corrected chi connectivity index (χ4v) is 2.23. The van der Waals surface area contributed by atoms with E-state index in [9.17, 15) is 18.0 Å². The molecular formula is C15H12F3N5O. The summed E-state index contributed by atoms with van der Waals surface area (Å²) < 4.78 is 40.2. The summed E-state index contributed by atoms with van der Waals surface area (Å²) in [5, 5.41) is 3.70. The van der Waals surface area contributed by atoms with Crippen LogP contribution in [0.5, 0.6) is 0 Å². The number of nitrogens with one attached hydrogen (secondary N) is 2. The number of hydrogen-bond acceptors (Lipinski definition) is 3. The summed E-state index contributed by atoms with van der Waals surface area (Å²) in [4.78, 5) is 18.3. The molecule has 0 fully saturated rings. The van der Waals surface area contributed by atoms with Gasteiger partial charge in [-0.3, -0.25) is 4.79 Å². The summed E-state index contributed by atoms with van der Waals surface area (Å²) in [6, 6.07) is 9.58. The molecule has 0 aliphatic carbocycles. The number of amides is 1. The van der Waals surface area contributed by atoms with Crippen LogP contribution in [0.4, 0.5) is 13.2 Å². The largest absolute Gasteiger partial charge is 0.449 e. The van der Waals surface area contributed by atoms with Gasteiger partial charge in [-0.1, -0.05) is 12.1 Å². The molecule has 0 saturated carbocycles. The highest BCUT2D eigenvalue weighted by Crippen LogP contribution is 2.31. The summed E-state index contributed by atoms with van der Waals surface area (Å²) in [5.74, 6) is -1.81. The van der Waals surface area contributed by atoms with Gasteiger partial charge in [0.2, 0.25) is 5.82 Å². The highest BCUT2D eigenvalue weighted by atomic mass is 19.4. The van der Waals surface area contributed by atoms with Crippen LogP contribution in [-0.2, 0) is 17.5 Å². The number of carbonyl (C=O) groups is 1. The van der Waals surface area contributed by atoms with Crippen molar-refractivity contribution in [1.29, 1.82) is 0 Å². The van der Waals surface area contributed by atoms with Gasteiger partial charge < -0.3 is 9.55 Å². The molecule has 1 aromatic carbocycles. The number of rotatable bonds is 4. The second-order valence-electron chi connectivity index (χ2n) is 4.93. The lowest BCUT2D eigenvalue weighted by atomic mass is 10.3. The Morgan fingerprint density at radius 2 is 2.08 bits per heavy atom. The van der Waals surface area contributed by atoms with Gasteiger partial charge >= 0.3 is 6.18 Å². The van der Waals surface area contributed by atoms with Crippen molar-refractivity contribution < 1.29 is 18.0 Å². The van der Waals surface area contributed by atoms with Crippen LogP contribution in [0.3, 0.4) is 0 Å². The monoisotopic (exact) mass is 335 g/mol. The fraction of sp³-hybridized carbons (Fsp3) is 0.133. The number of nitrogens with zero attached hydrogens (tertiary/aromatic N) is 3. The zero-order valence-corrected chi connectivity index (χ0v) is 12.2. The molecule has 0 bridgehead atoms. The van der Waals surface area contributed by atoms with E-state index in [-0.39, 0.29) is 11.0 Å². The minimum absolute atomic E-state index is 0.174. The van der Waals surface area contributed by atoms with Crippen molar-refractivity contribution >= 4 is 23.2 Å². The van der Waals surface area contributed by atoms with Gasteiger partial charge in [0.05, 0.1) is 22.9 Å². The van der Waals surface area contributed by atoms with Crippen molar-refractivity contribution in [1.82, 2.24) is 20.0 Å². The van der Waals surface area contributed by atoms with Crippen LogP contribution < -0.4 is 5.43 Å². The minimum atomic E-state index is -4.66. The Kier molecular flexibility index (Phi) is 4.07. The summed E-state index contributed by atoms with van der Waals surface area (Å²) in [6.45, 7) is -0.544. The van der Waals surface area contributed by atoms with E-state index in [1.807, 2.05) is 0 Å². The first-order valence-electron chi connectivity index (χ1n) is 6.93. The quantitative estimate of drug-likeness (QED) is 0.568. The first kappa shape index (κ1) is 15.8. The van der Waals surface area contributed by atoms with Crippen LogP contribution in [0.25, 0.3) is 11.0 Å². The summed E-state index contributed by atoms with van der Waals surface area (Å²) in [6.07, 6.45) is -1.63. The lowest BCUT2D eigenvalue weighted by molar-refractivity contribution is -0.147. The second kappa shape index (κ2) is 6.19. The molecule has 24 heavy (non-hydrogen) atoms. The lowest BCUT2D eigenvalue weighted by Crippen LogP contribution is -2.26. The molecule has 2 N–H and O–H groups in total. The Morgan fingerprint density at radius 1 is 1.29 bits per heavy atom. The summed E-state index contributed by atoms with van der Waals surface area (Å²) in [7, 11) is 0. The van der Waals surface area contributed by atoms with Crippen molar-refractivity contribution in [3.63, 3.8) is 0 Å². The number of carbonyl (C=O) groups excluding carboxylic acids is 1. The van der Waals surface area contributed by atoms with Gasteiger partial charge in [-0.05, 0) is 24.3 Å². The maximum Gasteiger partial charge on any atom is 0.449 e. The minimum Gasteiger partial charge on any atom is -0.360 e. The number of H-pyrrole nitrogens is 1. The van der Waals surface area contributed by atoms with E-state index in [0.717, 1.165) is 4.57 Å². The third kappa shape index (κ3) is 3.29. The van der Waals surface area contributed by atoms with Crippen molar-refractivity contribution in [2.75, 3.05) is 0 Å². The van der Waals surface area contributed by atoms with E-state index in [4.69, 9.17) is 0 Å². The van der Waals surface area contributed by atoms with Crippen LogP contribution >= 0.6 is 0 Å². The zero-order valence-electron chi connectivity index (χ0n) is 12.2. The van der Waals surface area contributed by atoms with Gasteiger partial charge in [0, 0.05) is 6.20 Å². The molecule has 0 aliphatic rings. The predicted octanol–water partition coefficient (Wildman–Crippen LogP) is 2.53. The van der Waals surface area contributed by atoms with E-state index >= 15 is 0 Å². The molecule has 124 valence electrons. The number of aromatic nitrogens is 3. The molecule has 0 atom stereocenters. The summed E-state index contributed by atoms with van der Waals surface area (Å²) >= 11 is 0. The lowest BCUT2D eigenvalue weighted by Gasteiger charge is -2.10. The molecule has 2 heterocycles. The first-order valence-corrected chi connectivity index (χ1v) is 6.93. The van der Waals surface area contributed by atoms with Crippen molar-refractivity contribution in [3.8, 4) is 0 Å². The highest BCUT2D eigenvalue weighted by Gasteiger charge is 2.37. The molecule has 3 rings (SSSR count). The molecule has 6 nitrogen and oxygen atoms in total. The molecule has 0 unspecified atom stereocenters. The van der Waals surface area contributed by atoms with E-state index in [0.29, 0.717) is 5.69 Å². The summed E-state index contributed by atoms with van der Waals surface area (Å²) in [5.41, 5.74) is 3.25. The average molecular weight is 335 g/mol. The van der Waals surface area contributed by atoms with E-state index in [1.165, 1.54) is 18.3 Å². The third-order valence-electron chi connectivity index (χ3n) is 3.22. The number of hydrazone groups is 1. The topological polar surface area (TPSA) is 75.1 Å². The van der Waals surface area contributed by atoms with E-state index in [2.05, 4.69) is 20.5 Å². The van der Waals surface area contributed by atoms with E-state index in [1.54, 1.807) is 30.5 Å². The van der Waals surface area contributed by atoms with Gasteiger partial charge in [0.1, 0.15) is 6.54 Å². The number of halogens is 3. The number of aromatic amines is 1. The molecule has 9 heteroatoms. The highest BCUT2D eigenvalue weighted by molar-refractivity contribution is 5.83. The molecule has 0 spiro atoms. The Labute approximate surface area is 134 Å². The van der Waals surface area contributed by atoms with Gasteiger partial charge in [-0.15, -0.1) is 0 Å². The third-order valence-corrected chi connectivity index (χ3v) is 3.22. The number of hydrogen-bond donors (Lipinski definition) is 2. The standard InChI is InChI=1S/C15H12F3N5O/c16-15(17,18)14-21-11-5-1-2-6-12(11)23(14)9-13(24)22-20-8-10-4-3-7-19-10/h1-8,19H,9H2,(H,22,24)/b20-8+. The zero-order chi connectivity index (χ0) is 17.2. The maximum absolute atomic E-state index is 13.1. The van der Waals surface area contributed by atoms with Crippen LogP contribution in [0.15, 0.2) is 47.7 Å². The first-order chi connectivity index (χ1) is 11.4. The number of para-hydroxylation sites is 2. The molecule has 2 aromatic heterocycles. The normalized spacial score (nSPS) is 12.1. The van der Waals surface area contributed by atoms with Crippen LogP contribution in [0.2, 0.25) is 0 Å². The number of fused-ring (bicyclic) bond motifs is 1. The SMILES string of the molecule is O=C(Cn1c(C(F)(F)F)nc2ccccc21)N/N=C/c1ccc[nH]1. The number of imidazole rings is 1. The van der Waals surface area contributed by atoms with Crippen molar-refractivity contribution in [3.05, 3.63) is 54.1 Å². The second-order valence-corrected chi connectivity index (χ2v) is 4.93. The molecule has 3 aromatic rings. The van der Waals surface area contributed by atoms with Crippen LogP contribution in [0, 0.1) is 0 Å². The molecule has 0 aliphatic heterocycles. The Balaban J connectivity index is 1.82. The maximum atomic E-state index is 13.1. The molecule has 0 radical (unpaired) electrons. The Hall–Kier alpha value is -3.10. The fourth-order valence-electron chi connectivity index (χ4n) is 2.23. The Morgan fingerprint density at radius 3 is 2.79 bits per heavy atom. The van der Waals surface area contributed by atoms with Gasteiger partial charge in [-0.2, -0.15) is 18.3 Å². The van der Waals surface area contributed by atoms with Crippen LogP contribution in [-0.4, -0.2) is 26.7 Å². The van der Waals surface area contributed by atoms with Crippen LogP contribution in [0.1, 0.15) is 11.5 Å². The van der Waals surface area contributed by atoms with Gasteiger partial charge in [0.15, 0.2) is 0 Å². The molecule has 0 saturated heterocycles. The van der Waals surface area contributed by atoms with E-state index < -0.39 is 24.5 Å². The smallest absolute Gasteiger partial charge is 0.360 e. The molecular weight excluding hydrogens is 323 g/mol. The number of benzene rings is 1. The predicted molar refractivity (Wildman–Crippen MR) is 81.3 cm³/mol. The van der Waals surface area contributed by atoms with Crippen molar-refractivity contribution in [2.45, 2.75) is 12.7 Å². The van der Waals surface area contributed by atoms with Crippen molar-refractivity contribution in [2.24, 2.45) is 5.10 Å².